The number of imidazole rings is 1. The Kier molecular flexibility index (Phi) is 5.28. The average molecular weight is 425 g/mol. The predicted molar refractivity (Wildman–Crippen MR) is 115 cm³/mol. The molecular weight excluding hydrogens is 404 g/mol. The van der Waals surface area contributed by atoms with Crippen molar-refractivity contribution in [3.05, 3.63) is 46.8 Å². The van der Waals surface area contributed by atoms with Crippen molar-refractivity contribution in [2.45, 2.75) is 19.4 Å². The molecule has 1 fully saturated rings. The first kappa shape index (κ1) is 20.1. The molecular formula is C20H21ClN8O. The van der Waals surface area contributed by atoms with Crippen molar-refractivity contribution in [3.63, 3.8) is 0 Å². The van der Waals surface area contributed by atoms with Gasteiger partial charge in [-0.1, -0.05) is 0 Å². The third-order valence-corrected chi connectivity index (χ3v) is 5.68. The minimum Gasteiger partial charge on any atom is -0.317 e. The molecule has 0 unspecified atom stereocenters. The van der Waals surface area contributed by atoms with Gasteiger partial charge in [0.2, 0.25) is 0 Å². The van der Waals surface area contributed by atoms with Crippen LogP contribution in [0.25, 0.3) is 28.1 Å². The number of fused-ring (bicyclic) bond motifs is 2. The molecule has 10 heteroatoms. The van der Waals surface area contributed by atoms with Crippen LogP contribution in [0.2, 0.25) is 0 Å². The number of nitrogens with one attached hydrogen (secondary N) is 1. The second-order valence-corrected chi connectivity index (χ2v) is 7.46. The van der Waals surface area contributed by atoms with Crippen molar-refractivity contribution in [1.29, 1.82) is 5.26 Å². The number of rotatable bonds is 3. The van der Waals surface area contributed by atoms with Crippen LogP contribution in [-0.4, -0.2) is 41.8 Å². The van der Waals surface area contributed by atoms with E-state index in [4.69, 9.17) is 4.98 Å². The van der Waals surface area contributed by atoms with Crippen LogP contribution in [0.3, 0.4) is 0 Å². The molecule has 1 N–H and O–H groups in total. The topological polar surface area (TPSA) is 106 Å². The highest BCUT2D eigenvalue weighted by Crippen LogP contribution is 2.24. The minimum atomic E-state index is -0.0726. The van der Waals surface area contributed by atoms with E-state index in [-0.39, 0.29) is 18.1 Å². The predicted octanol–water partition coefficient (Wildman–Crippen LogP) is 1.74. The number of hydrogen-bond donors (Lipinski definition) is 1. The van der Waals surface area contributed by atoms with Gasteiger partial charge < -0.3 is 5.32 Å². The number of pyridine rings is 1. The molecule has 154 valence electrons. The molecule has 0 aromatic carbocycles. The third kappa shape index (κ3) is 3.24. The molecule has 0 bridgehead atoms. The Morgan fingerprint density at radius 2 is 2.07 bits per heavy atom. The summed E-state index contributed by atoms with van der Waals surface area (Å²) in [6.07, 6.45) is 7.22. The lowest BCUT2D eigenvalue weighted by atomic mass is 9.98. The van der Waals surface area contributed by atoms with Gasteiger partial charge in [-0.3, -0.25) is 9.13 Å². The number of halogens is 1. The average Bonchev–Trinajstić information content (AvgIpc) is 3.28. The van der Waals surface area contributed by atoms with E-state index in [0.717, 1.165) is 37.0 Å². The molecule has 5 rings (SSSR count). The third-order valence-electron chi connectivity index (χ3n) is 5.68. The van der Waals surface area contributed by atoms with E-state index in [9.17, 15) is 10.1 Å². The van der Waals surface area contributed by atoms with Crippen LogP contribution in [0.1, 0.15) is 18.4 Å². The summed E-state index contributed by atoms with van der Waals surface area (Å²) in [5.74, 6) is 0.945. The van der Waals surface area contributed by atoms with Gasteiger partial charge in [0, 0.05) is 19.8 Å². The first-order valence-electron chi connectivity index (χ1n) is 9.66. The van der Waals surface area contributed by atoms with Gasteiger partial charge in [-0.25, -0.2) is 19.3 Å². The lowest BCUT2D eigenvalue weighted by Crippen LogP contribution is -2.32. The largest absolute Gasteiger partial charge is 0.330 e. The molecule has 9 nitrogen and oxygen atoms in total. The maximum Gasteiger partial charge on any atom is 0.330 e. The Balaban J connectivity index is 0.00000218. The van der Waals surface area contributed by atoms with E-state index < -0.39 is 0 Å². The first-order valence-corrected chi connectivity index (χ1v) is 9.66. The number of aromatic nitrogens is 6. The molecule has 0 spiro atoms. The monoisotopic (exact) mass is 424 g/mol. The van der Waals surface area contributed by atoms with Gasteiger partial charge in [0.15, 0.2) is 11.5 Å². The van der Waals surface area contributed by atoms with E-state index in [0.29, 0.717) is 35.0 Å². The lowest BCUT2D eigenvalue weighted by molar-refractivity contribution is 0.332. The van der Waals surface area contributed by atoms with E-state index in [2.05, 4.69) is 21.5 Å². The lowest BCUT2D eigenvalue weighted by Gasteiger charge is -2.22. The zero-order valence-electron chi connectivity index (χ0n) is 16.4. The molecule has 5 heterocycles. The summed E-state index contributed by atoms with van der Waals surface area (Å²) in [6, 6.07) is 5.62. The van der Waals surface area contributed by atoms with Crippen LogP contribution in [0.15, 0.2) is 35.5 Å². The number of piperidine rings is 1. The van der Waals surface area contributed by atoms with Crippen molar-refractivity contribution >= 4 is 29.1 Å². The van der Waals surface area contributed by atoms with Crippen molar-refractivity contribution < 1.29 is 0 Å². The maximum atomic E-state index is 12.8. The smallest absolute Gasteiger partial charge is 0.317 e. The van der Waals surface area contributed by atoms with Gasteiger partial charge in [0.25, 0.3) is 0 Å². The highest BCUT2D eigenvalue weighted by molar-refractivity contribution is 5.85. The fourth-order valence-electron chi connectivity index (χ4n) is 4.02. The Morgan fingerprint density at radius 3 is 2.83 bits per heavy atom. The first-order chi connectivity index (χ1) is 14.2. The Bertz CT molecular complexity index is 1320. The number of nitrogens with zero attached hydrogens (tertiary/aromatic N) is 7. The van der Waals surface area contributed by atoms with Crippen molar-refractivity contribution in [2.75, 3.05) is 13.1 Å². The molecule has 4 aromatic heterocycles. The molecule has 0 amide bonds. The number of aryl methyl sites for hydroxylation is 1. The Morgan fingerprint density at radius 1 is 1.27 bits per heavy atom. The second-order valence-electron chi connectivity index (χ2n) is 7.46. The zero-order valence-corrected chi connectivity index (χ0v) is 17.3. The fraction of sp³-hybridized carbons (Fsp3) is 0.350. The van der Waals surface area contributed by atoms with Crippen molar-refractivity contribution in [1.82, 2.24) is 34.0 Å². The summed E-state index contributed by atoms with van der Waals surface area (Å²) in [4.78, 5) is 22.1. The Hall–Kier alpha value is -3.22. The van der Waals surface area contributed by atoms with Crippen LogP contribution < -0.4 is 11.0 Å². The molecule has 0 aliphatic carbocycles. The number of nitriles is 1. The van der Waals surface area contributed by atoms with Gasteiger partial charge in [-0.15, -0.1) is 12.4 Å². The van der Waals surface area contributed by atoms with Crippen LogP contribution in [0, 0.1) is 17.2 Å². The highest BCUT2D eigenvalue weighted by Gasteiger charge is 2.20. The summed E-state index contributed by atoms with van der Waals surface area (Å²) >= 11 is 0. The summed E-state index contributed by atoms with van der Waals surface area (Å²) in [5.41, 5.74) is 3.30. The number of hydrogen-bond acceptors (Lipinski definition) is 6. The maximum absolute atomic E-state index is 12.8. The van der Waals surface area contributed by atoms with Crippen LogP contribution >= 0.6 is 12.4 Å². The van der Waals surface area contributed by atoms with Gasteiger partial charge >= 0.3 is 5.69 Å². The van der Waals surface area contributed by atoms with Crippen LogP contribution in [0.4, 0.5) is 0 Å². The molecule has 0 atom stereocenters. The van der Waals surface area contributed by atoms with Gasteiger partial charge in [0.05, 0.1) is 35.1 Å². The minimum absolute atomic E-state index is 0. The van der Waals surface area contributed by atoms with E-state index in [1.807, 2.05) is 0 Å². The van der Waals surface area contributed by atoms with Crippen LogP contribution in [0.5, 0.6) is 0 Å². The van der Waals surface area contributed by atoms with Crippen molar-refractivity contribution in [2.24, 2.45) is 13.0 Å². The van der Waals surface area contributed by atoms with Gasteiger partial charge in [0.1, 0.15) is 5.52 Å². The molecule has 4 aromatic rings. The fourth-order valence-corrected chi connectivity index (χ4v) is 4.02. The Labute approximate surface area is 178 Å². The van der Waals surface area contributed by atoms with Crippen LogP contribution in [-0.2, 0) is 13.6 Å². The summed E-state index contributed by atoms with van der Waals surface area (Å²) in [5, 5.41) is 16.9. The summed E-state index contributed by atoms with van der Waals surface area (Å²) < 4.78 is 5.06. The zero-order chi connectivity index (χ0) is 20.0. The molecule has 0 saturated carbocycles. The van der Waals surface area contributed by atoms with E-state index in [1.165, 1.54) is 0 Å². The summed E-state index contributed by atoms with van der Waals surface area (Å²) in [6.45, 7) is 2.61. The quantitative estimate of drug-likeness (QED) is 0.537. The van der Waals surface area contributed by atoms with Gasteiger partial charge in [-0.05, 0) is 44.0 Å². The molecule has 0 radical (unpaired) electrons. The SMILES string of the molecule is Cl.Cn1c(=O)n(CC2CCNCC2)c2nc(-c3cnn4ccc(C#N)cc34)ncc21. The van der Waals surface area contributed by atoms with Crippen molar-refractivity contribution in [3.8, 4) is 17.5 Å². The molecule has 1 aliphatic heterocycles. The van der Waals surface area contributed by atoms with E-state index >= 15 is 0 Å². The second kappa shape index (κ2) is 7.89. The molecule has 1 saturated heterocycles. The molecule has 30 heavy (non-hydrogen) atoms. The molecule has 1 aliphatic rings. The summed E-state index contributed by atoms with van der Waals surface area (Å²) in [7, 11) is 1.75. The normalized spacial score (nSPS) is 14.7. The van der Waals surface area contributed by atoms with Gasteiger partial charge in [-0.2, -0.15) is 10.4 Å². The van der Waals surface area contributed by atoms with E-state index in [1.54, 1.807) is 51.4 Å². The highest BCUT2D eigenvalue weighted by atomic mass is 35.5. The standard InChI is InChI=1S/C20H20N8O.ClH/c1-26-17-11-23-18(15-10-24-28-7-4-14(9-21)8-16(15)28)25-19(17)27(20(26)29)12-13-2-5-22-6-3-13;/h4,7-8,10-11,13,22H,2-3,5-6,12H2,1H3;1H.